The van der Waals surface area contributed by atoms with Gasteiger partial charge in [0, 0.05) is 28.6 Å². The van der Waals surface area contributed by atoms with Crippen molar-refractivity contribution in [1.29, 1.82) is 0 Å². The summed E-state index contributed by atoms with van der Waals surface area (Å²) in [7, 11) is 0. The van der Waals surface area contributed by atoms with E-state index < -0.39 is 29.0 Å². The number of nitro benzene ring substituents is 1. The molecule has 1 heterocycles. The molecule has 0 aliphatic heterocycles. The van der Waals surface area contributed by atoms with E-state index in [1.807, 2.05) is 0 Å². The molecule has 1 amide bonds. The van der Waals surface area contributed by atoms with E-state index in [0.29, 0.717) is 17.0 Å². The van der Waals surface area contributed by atoms with Gasteiger partial charge in [0.2, 0.25) is 5.78 Å². The van der Waals surface area contributed by atoms with Crippen LogP contribution in [-0.4, -0.2) is 33.9 Å². The Morgan fingerprint density at radius 3 is 2.32 bits per heavy atom. The number of benzene rings is 2. The molecule has 0 atom stereocenters. The molecule has 9 heteroatoms. The number of para-hydroxylation sites is 1. The largest absolute Gasteiger partial charge is 0.454 e. The van der Waals surface area contributed by atoms with Crippen LogP contribution in [0.2, 0.25) is 0 Å². The predicted octanol–water partition coefficient (Wildman–Crippen LogP) is 3.44. The summed E-state index contributed by atoms with van der Waals surface area (Å²) in [6.45, 7) is 2.77. The number of esters is 1. The quantitative estimate of drug-likeness (QED) is 0.270. The number of nitro groups is 1. The molecule has 158 valence electrons. The van der Waals surface area contributed by atoms with Crippen LogP contribution in [0.25, 0.3) is 0 Å². The Labute approximate surface area is 177 Å². The second-order valence-corrected chi connectivity index (χ2v) is 6.70. The van der Waals surface area contributed by atoms with Gasteiger partial charge in [0.25, 0.3) is 11.6 Å². The molecule has 0 saturated carbocycles. The highest BCUT2D eigenvalue weighted by Crippen LogP contribution is 2.19. The molecule has 0 aliphatic carbocycles. The summed E-state index contributed by atoms with van der Waals surface area (Å²) in [5, 5.41) is 11.1. The molecule has 0 aliphatic rings. The number of rotatable bonds is 7. The average Bonchev–Trinajstić information content (AvgIpc) is 3.06. The normalized spacial score (nSPS) is 10.4. The highest BCUT2D eigenvalue weighted by Gasteiger charge is 2.23. The fourth-order valence-electron chi connectivity index (χ4n) is 3.06. The van der Waals surface area contributed by atoms with Crippen LogP contribution in [-0.2, 0) is 4.74 Å². The minimum Gasteiger partial charge on any atom is -0.454 e. The second-order valence-electron chi connectivity index (χ2n) is 6.70. The molecular weight excluding hydrogens is 402 g/mol. The van der Waals surface area contributed by atoms with Crippen molar-refractivity contribution in [3.8, 4) is 0 Å². The van der Waals surface area contributed by atoms with E-state index in [1.165, 1.54) is 28.9 Å². The van der Waals surface area contributed by atoms with Crippen LogP contribution < -0.4 is 5.43 Å². The molecule has 9 nitrogen and oxygen atoms in total. The lowest BCUT2D eigenvalue weighted by Crippen LogP contribution is -2.25. The van der Waals surface area contributed by atoms with Crippen LogP contribution in [0.3, 0.4) is 0 Å². The Kier molecular flexibility index (Phi) is 6.25. The first-order chi connectivity index (χ1) is 14.8. The van der Waals surface area contributed by atoms with Gasteiger partial charge in [-0.2, -0.15) is 0 Å². The third-order valence-electron chi connectivity index (χ3n) is 4.64. The average molecular weight is 421 g/mol. The summed E-state index contributed by atoms with van der Waals surface area (Å²) >= 11 is 0. The first-order valence-electron chi connectivity index (χ1n) is 9.28. The number of hydrogen-bond acceptors (Lipinski definition) is 6. The standard InChI is InChI=1S/C22H19N3O6/c1-14-12-18(15(2)24(14)23-21(27)16-8-4-3-5-9-16)20(26)13-31-22(28)17-10-6-7-11-19(17)25(29)30/h3-12H,13H2,1-2H3,(H,23,27). The molecule has 3 aromatic rings. The molecule has 3 rings (SSSR count). The number of hydrogen-bond donors (Lipinski definition) is 1. The fourth-order valence-corrected chi connectivity index (χ4v) is 3.06. The maximum absolute atomic E-state index is 12.6. The van der Waals surface area contributed by atoms with Gasteiger partial charge in [-0.1, -0.05) is 30.3 Å². The minimum absolute atomic E-state index is 0.235. The summed E-state index contributed by atoms with van der Waals surface area (Å²) < 4.78 is 6.48. The van der Waals surface area contributed by atoms with Crippen LogP contribution in [0, 0.1) is 24.0 Å². The van der Waals surface area contributed by atoms with Crippen LogP contribution in [0.15, 0.2) is 60.7 Å². The van der Waals surface area contributed by atoms with E-state index >= 15 is 0 Å². The highest BCUT2D eigenvalue weighted by molar-refractivity contribution is 6.02. The number of amides is 1. The van der Waals surface area contributed by atoms with E-state index in [0.717, 1.165) is 0 Å². The molecule has 31 heavy (non-hydrogen) atoms. The van der Waals surface area contributed by atoms with Crippen LogP contribution in [0.1, 0.15) is 42.5 Å². The maximum Gasteiger partial charge on any atom is 0.345 e. The molecule has 1 N–H and O–H groups in total. The highest BCUT2D eigenvalue weighted by atomic mass is 16.6. The molecule has 0 saturated heterocycles. The van der Waals surface area contributed by atoms with Crippen molar-refractivity contribution in [2.24, 2.45) is 0 Å². The van der Waals surface area contributed by atoms with Crippen molar-refractivity contribution in [2.45, 2.75) is 13.8 Å². The van der Waals surface area contributed by atoms with Gasteiger partial charge in [0.15, 0.2) is 6.61 Å². The van der Waals surface area contributed by atoms with Gasteiger partial charge >= 0.3 is 5.97 Å². The van der Waals surface area contributed by atoms with Gasteiger partial charge < -0.3 is 4.74 Å². The zero-order valence-electron chi connectivity index (χ0n) is 16.8. The molecular formula is C22H19N3O6. The first-order valence-corrected chi connectivity index (χ1v) is 9.28. The summed E-state index contributed by atoms with van der Waals surface area (Å²) in [5.74, 6) is -1.81. The van der Waals surface area contributed by atoms with Gasteiger partial charge in [-0.05, 0) is 38.1 Å². The number of carbonyl (C=O) groups is 3. The summed E-state index contributed by atoms with van der Waals surface area (Å²) in [6.07, 6.45) is 0. The van der Waals surface area contributed by atoms with Crippen molar-refractivity contribution in [1.82, 2.24) is 4.68 Å². The van der Waals surface area contributed by atoms with E-state index in [2.05, 4.69) is 5.43 Å². The second kappa shape index (κ2) is 9.04. The zero-order chi connectivity index (χ0) is 22.5. The van der Waals surface area contributed by atoms with Crippen molar-refractivity contribution >= 4 is 23.3 Å². The van der Waals surface area contributed by atoms with Crippen LogP contribution in [0.5, 0.6) is 0 Å². The number of nitrogens with one attached hydrogen (secondary N) is 1. The first kappa shape index (κ1) is 21.4. The number of ketones is 1. The third kappa shape index (κ3) is 4.67. The summed E-state index contributed by atoms with van der Waals surface area (Å²) in [4.78, 5) is 47.6. The van der Waals surface area contributed by atoms with E-state index in [1.54, 1.807) is 50.2 Å². The topological polar surface area (TPSA) is 121 Å². The Morgan fingerprint density at radius 1 is 1.00 bits per heavy atom. The summed E-state index contributed by atoms with van der Waals surface area (Å²) in [6, 6.07) is 15.5. The lowest BCUT2D eigenvalue weighted by Gasteiger charge is -2.11. The SMILES string of the molecule is Cc1cc(C(=O)COC(=O)c2ccccc2[N+](=O)[O-])c(C)n1NC(=O)c1ccccc1. The lowest BCUT2D eigenvalue weighted by molar-refractivity contribution is -0.385. The van der Waals surface area contributed by atoms with Gasteiger partial charge in [-0.3, -0.25) is 29.8 Å². The fraction of sp³-hybridized carbons (Fsp3) is 0.136. The molecule has 0 unspecified atom stereocenters. The Balaban J connectivity index is 1.72. The molecule has 1 aromatic heterocycles. The van der Waals surface area contributed by atoms with Crippen molar-refractivity contribution in [3.05, 3.63) is 98.9 Å². The Hall–Kier alpha value is -4.27. The number of Topliss-reactive ketones (excluding diaryl/α,β-unsaturated/α-hetero) is 1. The zero-order valence-corrected chi connectivity index (χ0v) is 16.8. The molecule has 0 radical (unpaired) electrons. The van der Waals surface area contributed by atoms with Crippen LogP contribution >= 0.6 is 0 Å². The van der Waals surface area contributed by atoms with Gasteiger partial charge in [0.05, 0.1) is 4.92 Å². The van der Waals surface area contributed by atoms with E-state index in [9.17, 15) is 24.5 Å². The predicted molar refractivity (Wildman–Crippen MR) is 112 cm³/mol. The van der Waals surface area contributed by atoms with Crippen molar-refractivity contribution < 1.29 is 24.0 Å². The summed E-state index contributed by atoms with van der Waals surface area (Å²) in [5.41, 5.74) is 3.88. The number of carbonyl (C=O) groups excluding carboxylic acids is 3. The van der Waals surface area contributed by atoms with Crippen LogP contribution in [0.4, 0.5) is 5.69 Å². The molecule has 0 bridgehead atoms. The molecule has 0 spiro atoms. The number of nitrogens with zero attached hydrogens (tertiary/aromatic N) is 2. The number of aromatic nitrogens is 1. The maximum atomic E-state index is 12.6. The van der Waals surface area contributed by atoms with Gasteiger partial charge in [-0.25, -0.2) is 4.79 Å². The monoisotopic (exact) mass is 421 g/mol. The smallest absolute Gasteiger partial charge is 0.345 e. The Bertz CT molecular complexity index is 1170. The molecule has 0 fully saturated rings. The third-order valence-corrected chi connectivity index (χ3v) is 4.64. The minimum atomic E-state index is -0.966. The van der Waals surface area contributed by atoms with Crippen molar-refractivity contribution in [2.75, 3.05) is 12.0 Å². The molecule has 2 aromatic carbocycles. The number of aryl methyl sites for hydroxylation is 1. The van der Waals surface area contributed by atoms with Gasteiger partial charge in [-0.15, -0.1) is 0 Å². The number of ether oxygens (including phenoxy) is 1. The van der Waals surface area contributed by atoms with E-state index in [4.69, 9.17) is 4.74 Å². The Morgan fingerprint density at radius 2 is 1.65 bits per heavy atom. The van der Waals surface area contributed by atoms with Crippen molar-refractivity contribution in [3.63, 3.8) is 0 Å². The van der Waals surface area contributed by atoms with Gasteiger partial charge in [0.1, 0.15) is 5.56 Å². The van der Waals surface area contributed by atoms with E-state index in [-0.39, 0.29) is 17.0 Å². The lowest BCUT2D eigenvalue weighted by atomic mass is 10.1.